The molecule has 0 spiro atoms. The first-order valence-electron chi connectivity index (χ1n) is 12.9. The summed E-state index contributed by atoms with van der Waals surface area (Å²) >= 11 is 0. The summed E-state index contributed by atoms with van der Waals surface area (Å²) in [4.78, 5) is 27.0. The van der Waals surface area contributed by atoms with Crippen LogP contribution in [0, 0.1) is 5.92 Å². The maximum atomic E-state index is 12.6. The predicted molar refractivity (Wildman–Crippen MR) is 137 cm³/mol. The predicted octanol–water partition coefficient (Wildman–Crippen LogP) is 5.18. The molecular formula is C28H33N5O. The van der Waals surface area contributed by atoms with Crippen LogP contribution in [0.15, 0.2) is 48.7 Å². The Bertz CT molecular complexity index is 1160. The molecule has 1 aliphatic carbocycles. The van der Waals surface area contributed by atoms with Gasteiger partial charge in [0.15, 0.2) is 0 Å². The molecule has 1 amide bonds. The zero-order chi connectivity index (χ0) is 22.9. The van der Waals surface area contributed by atoms with Crippen LogP contribution in [0.25, 0.3) is 10.9 Å². The maximum Gasteiger partial charge on any atom is 0.224 e. The van der Waals surface area contributed by atoms with E-state index in [9.17, 15) is 4.79 Å². The minimum Gasteiger partial charge on any atom is -0.357 e. The summed E-state index contributed by atoms with van der Waals surface area (Å²) < 4.78 is 0. The van der Waals surface area contributed by atoms with Crippen molar-refractivity contribution in [3.05, 3.63) is 54.2 Å². The fraction of sp³-hybridized carbons (Fsp3) is 0.464. The van der Waals surface area contributed by atoms with Gasteiger partial charge in [0.05, 0.1) is 5.52 Å². The average Bonchev–Trinajstić information content (AvgIpc) is 3.43. The van der Waals surface area contributed by atoms with Crippen molar-refractivity contribution in [1.82, 2.24) is 9.97 Å². The molecule has 7 rings (SSSR count). The van der Waals surface area contributed by atoms with Gasteiger partial charge in [-0.3, -0.25) is 4.79 Å². The van der Waals surface area contributed by atoms with Gasteiger partial charge in [-0.15, -0.1) is 0 Å². The first kappa shape index (κ1) is 21.4. The van der Waals surface area contributed by atoms with Gasteiger partial charge in [-0.05, 0) is 92.8 Å². The van der Waals surface area contributed by atoms with Crippen LogP contribution < -0.4 is 15.1 Å². The van der Waals surface area contributed by atoms with E-state index in [1.807, 2.05) is 24.4 Å². The zero-order valence-corrected chi connectivity index (χ0v) is 19.7. The number of carbonyl (C=O) groups excluding carboxylic acids is 1. The standard InChI is InChI=1S/C28H33N5O/c34-28(14-6-20-5-12-26(29-18-20)32-15-1-2-16-32)30-23-8-11-25-22(17-23)7-13-27(31-25)33-19-21-3-9-24(33)10-4-21/h5,7-8,11-13,17-18,21,24H,1-4,6,9-10,14-16,19H2,(H,30,34). The molecule has 5 heterocycles. The molecule has 3 saturated heterocycles. The Morgan fingerprint density at radius 3 is 2.53 bits per heavy atom. The topological polar surface area (TPSA) is 61.4 Å². The quantitative estimate of drug-likeness (QED) is 0.555. The summed E-state index contributed by atoms with van der Waals surface area (Å²) in [6.07, 6.45) is 10.9. The highest BCUT2D eigenvalue weighted by Gasteiger charge is 2.34. The van der Waals surface area contributed by atoms with E-state index in [-0.39, 0.29) is 5.91 Å². The molecule has 1 saturated carbocycles. The summed E-state index contributed by atoms with van der Waals surface area (Å²) in [6, 6.07) is 15.1. The van der Waals surface area contributed by atoms with Gasteiger partial charge in [-0.25, -0.2) is 9.97 Å². The lowest BCUT2D eigenvalue weighted by Gasteiger charge is -2.46. The third-order valence-electron chi connectivity index (χ3n) is 7.84. The summed E-state index contributed by atoms with van der Waals surface area (Å²) in [5.41, 5.74) is 2.91. The van der Waals surface area contributed by atoms with Crippen molar-refractivity contribution in [3.8, 4) is 0 Å². The van der Waals surface area contributed by atoms with Gasteiger partial charge < -0.3 is 15.1 Å². The van der Waals surface area contributed by atoms with Crippen LogP contribution >= 0.6 is 0 Å². The molecule has 3 aliphatic heterocycles. The number of aromatic nitrogens is 2. The van der Waals surface area contributed by atoms with Gasteiger partial charge >= 0.3 is 0 Å². The van der Waals surface area contributed by atoms with E-state index in [4.69, 9.17) is 4.98 Å². The van der Waals surface area contributed by atoms with Crippen LogP contribution in [0.2, 0.25) is 0 Å². The second-order valence-electron chi connectivity index (χ2n) is 10.2. The van der Waals surface area contributed by atoms with Gasteiger partial charge in [-0.1, -0.05) is 6.07 Å². The molecule has 6 heteroatoms. The number of hydrogen-bond donors (Lipinski definition) is 1. The number of hydrogen-bond acceptors (Lipinski definition) is 5. The van der Waals surface area contributed by atoms with Crippen LogP contribution in [0.4, 0.5) is 17.3 Å². The third-order valence-corrected chi connectivity index (χ3v) is 7.84. The number of piperidine rings is 2. The van der Waals surface area contributed by atoms with Crippen molar-refractivity contribution < 1.29 is 4.79 Å². The van der Waals surface area contributed by atoms with Crippen LogP contribution in [0.1, 0.15) is 50.5 Å². The Balaban J connectivity index is 1.06. The van der Waals surface area contributed by atoms with E-state index < -0.39 is 0 Å². The minimum absolute atomic E-state index is 0.0249. The van der Waals surface area contributed by atoms with Gasteiger partial charge in [-0.2, -0.15) is 0 Å². The van der Waals surface area contributed by atoms with Gasteiger partial charge in [0.1, 0.15) is 11.6 Å². The highest BCUT2D eigenvalue weighted by molar-refractivity contribution is 5.94. The number of pyridine rings is 2. The molecule has 6 nitrogen and oxygen atoms in total. The summed E-state index contributed by atoms with van der Waals surface area (Å²) in [6.45, 7) is 3.33. The van der Waals surface area contributed by atoms with E-state index in [1.165, 1.54) is 38.5 Å². The number of rotatable bonds is 6. The number of benzene rings is 1. The van der Waals surface area contributed by atoms with Crippen molar-refractivity contribution in [3.63, 3.8) is 0 Å². The zero-order valence-electron chi connectivity index (χ0n) is 19.7. The molecular weight excluding hydrogens is 422 g/mol. The van der Waals surface area contributed by atoms with Crippen molar-refractivity contribution in [2.24, 2.45) is 5.92 Å². The number of fused-ring (bicyclic) bond motifs is 4. The van der Waals surface area contributed by atoms with E-state index in [2.05, 4.69) is 44.4 Å². The molecule has 1 N–H and O–H groups in total. The molecule has 0 radical (unpaired) electrons. The van der Waals surface area contributed by atoms with Crippen LogP contribution in [-0.4, -0.2) is 41.6 Å². The Kier molecular flexibility index (Phi) is 5.81. The number of amides is 1. The Morgan fingerprint density at radius 2 is 1.79 bits per heavy atom. The lowest BCUT2D eigenvalue weighted by atomic mass is 9.80. The van der Waals surface area contributed by atoms with Crippen molar-refractivity contribution >= 4 is 34.1 Å². The van der Waals surface area contributed by atoms with E-state index in [1.54, 1.807) is 0 Å². The third kappa shape index (κ3) is 4.46. The molecule has 0 atom stereocenters. The summed E-state index contributed by atoms with van der Waals surface area (Å²) in [7, 11) is 0. The minimum atomic E-state index is 0.0249. The second-order valence-corrected chi connectivity index (χ2v) is 10.2. The van der Waals surface area contributed by atoms with Crippen molar-refractivity contribution in [2.75, 3.05) is 34.8 Å². The number of carbonyl (C=O) groups is 1. The first-order valence-corrected chi connectivity index (χ1v) is 12.9. The van der Waals surface area contributed by atoms with Gasteiger partial charge in [0.2, 0.25) is 5.91 Å². The Labute approximate surface area is 201 Å². The summed E-state index contributed by atoms with van der Waals surface area (Å²) in [5, 5.41) is 4.12. The maximum absolute atomic E-state index is 12.6. The first-order chi connectivity index (χ1) is 16.7. The number of anilines is 3. The highest BCUT2D eigenvalue weighted by Crippen LogP contribution is 2.37. The molecule has 4 aliphatic rings. The van der Waals surface area contributed by atoms with Gasteiger partial charge in [0, 0.05) is 49.4 Å². The van der Waals surface area contributed by atoms with E-state index >= 15 is 0 Å². The van der Waals surface area contributed by atoms with E-state index in [0.717, 1.165) is 59.3 Å². The Hall–Kier alpha value is -3.15. The SMILES string of the molecule is O=C(CCc1ccc(N2CCCC2)nc1)Nc1ccc2nc(N3CC4CCC3CC4)ccc2c1. The Morgan fingerprint density at radius 1 is 0.971 bits per heavy atom. The molecule has 0 unspecified atom stereocenters. The molecule has 4 fully saturated rings. The number of nitrogens with zero attached hydrogens (tertiary/aromatic N) is 4. The molecule has 3 aromatic rings. The largest absolute Gasteiger partial charge is 0.357 e. The van der Waals surface area contributed by atoms with Crippen LogP contribution in [0.5, 0.6) is 0 Å². The fourth-order valence-corrected chi connectivity index (χ4v) is 5.88. The molecule has 1 aromatic carbocycles. The summed E-state index contributed by atoms with van der Waals surface area (Å²) in [5.74, 6) is 3.00. The molecule has 2 bridgehead atoms. The highest BCUT2D eigenvalue weighted by atomic mass is 16.1. The van der Waals surface area contributed by atoms with Crippen LogP contribution in [0.3, 0.4) is 0 Å². The molecule has 176 valence electrons. The second kappa shape index (κ2) is 9.24. The van der Waals surface area contributed by atoms with Crippen molar-refractivity contribution in [2.45, 2.75) is 57.4 Å². The average molecular weight is 456 g/mol. The lowest BCUT2D eigenvalue weighted by Crippen LogP contribution is -2.48. The number of aryl methyl sites for hydroxylation is 1. The smallest absolute Gasteiger partial charge is 0.224 e. The number of nitrogens with one attached hydrogen (secondary N) is 1. The lowest BCUT2D eigenvalue weighted by molar-refractivity contribution is -0.116. The van der Waals surface area contributed by atoms with Gasteiger partial charge in [0.25, 0.3) is 0 Å². The van der Waals surface area contributed by atoms with Crippen LogP contribution in [-0.2, 0) is 11.2 Å². The molecule has 34 heavy (non-hydrogen) atoms. The van der Waals surface area contributed by atoms with Crippen molar-refractivity contribution in [1.29, 1.82) is 0 Å². The fourth-order valence-electron chi connectivity index (χ4n) is 5.88. The monoisotopic (exact) mass is 455 g/mol. The molecule has 2 aromatic heterocycles. The van der Waals surface area contributed by atoms with E-state index in [0.29, 0.717) is 18.9 Å². The normalized spacial score (nSPS) is 21.9.